The number of hydrogen-bond donors (Lipinski definition) is 1. The fraction of sp³-hybridized carbons (Fsp3) is 0.308. The van der Waals surface area contributed by atoms with Gasteiger partial charge in [-0.15, -0.1) is 6.58 Å². The predicted octanol–water partition coefficient (Wildman–Crippen LogP) is 2.43. The van der Waals surface area contributed by atoms with E-state index in [1.165, 1.54) is 0 Å². The van der Waals surface area contributed by atoms with Crippen LogP contribution in [0.25, 0.3) is 0 Å². The molecule has 1 N–H and O–H groups in total. The van der Waals surface area contributed by atoms with Crippen LogP contribution in [0.4, 0.5) is 0 Å². The lowest BCUT2D eigenvalue weighted by atomic mass is 10.1. The minimum atomic E-state index is -0.360. The predicted molar refractivity (Wildman–Crippen MR) is 64.2 cm³/mol. The van der Waals surface area contributed by atoms with Gasteiger partial charge in [0.05, 0.1) is 12.7 Å². The van der Waals surface area contributed by atoms with Crippen LogP contribution < -0.4 is 10.1 Å². The van der Waals surface area contributed by atoms with Crippen molar-refractivity contribution < 1.29 is 4.74 Å². The molecule has 84 valence electrons. The molecule has 0 saturated carbocycles. The van der Waals surface area contributed by atoms with Gasteiger partial charge in [-0.2, -0.15) is 5.26 Å². The third-order valence-corrected chi connectivity index (χ3v) is 2.13. The summed E-state index contributed by atoms with van der Waals surface area (Å²) in [5.74, 6) is 0.758. The van der Waals surface area contributed by atoms with Crippen LogP contribution in [0.15, 0.2) is 36.9 Å². The van der Waals surface area contributed by atoms with Gasteiger partial charge in [-0.3, -0.25) is 5.32 Å². The zero-order valence-electron chi connectivity index (χ0n) is 9.44. The highest BCUT2D eigenvalue weighted by atomic mass is 16.5. The number of nitrogens with zero attached hydrogens (tertiary/aromatic N) is 1. The topological polar surface area (TPSA) is 45.0 Å². The van der Waals surface area contributed by atoms with Crippen molar-refractivity contribution in [1.82, 2.24) is 5.32 Å². The maximum atomic E-state index is 9.10. The van der Waals surface area contributed by atoms with E-state index in [1.807, 2.05) is 31.2 Å². The highest BCUT2D eigenvalue weighted by molar-refractivity contribution is 5.38. The first-order valence-corrected chi connectivity index (χ1v) is 5.29. The van der Waals surface area contributed by atoms with Gasteiger partial charge in [0.15, 0.2) is 0 Å². The second-order valence-corrected chi connectivity index (χ2v) is 3.23. The van der Waals surface area contributed by atoms with Crippen molar-refractivity contribution in [1.29, 1.82) is 5.26 Å². The molecule has 1 unspecified atom stereocenters. The van der Waals surface area contributed by atoms with Crippen molar-refractivity contribution in [2.24, 2.45) is 0 Å². The van der Waals surface area contributed by atoms with Crippen LogP contribution in [-0.2, 0) is 0 Å². The van der Waals surface area contributed by atoms with Crippen LogP contribution in [0.3, 0.4) is 0 Å². The first-order chi connectivity index (χ1) is 7.83. The lowest BCUT2D eigenvalue weighted by Crippen LogP contribution is -2.20. The Morgan fingerprint density at radius 3 is 2.94 bits per heavy atom. The summed E-state index contributed by atoms with van der Waals surface area (Å²) in [6.45, 7) is 6.73. The summed E-state index contributed by atoms with van der Waals surface area (Å²) in [5, 5.41) is 12.2. The average Bonchev–Trinajstić information content (AvgIpc) is 2.32. The van der Waals surface area contributed by atoms with E-state index in [0.29, 0.717) is 13.2 Å². The second-order valence-electron chi connectivity index (χ2n) is 3.23. The largest absolute Gasteiger partial charge is 0.493 e. The van der Waals surface area contributed by atoms with E-state index in [9.17, 15) is 0 Å². The molecule has 1 rings (SSSR count). The maximum Gasteiger partial charge on any atom is 0.125 e. The molecule has 0 heterocycles. The summed E-state index contributed by atoms with van der Waals surface area (Å²) in [6.07, 6.45) is 1.73. The quantitative estimate of drug-likeness (QED) is 0.743. The molecule has 0 saturated heterocycles. The Labute approximate surface area is 96.4 Å². The molecule has 1 aromatic rings. The third-order valence-electron chi connectivity index (χ3n) is 2.13. The van der Waals surface area contributed by atoms with Gasteiger partial charge < -0.3 is 4.74 Å². The van der Waals surface area contributed by atoms with E-state index in [-0.39, 0.29) is 6.04 Å². The van der Waals surface area contributed by atoms with E-state index in [1.54, 1.807) is 6.08 Å². The van der Waals surface area contributed by atoms with Crippen LogP contribution in [0.2, 0.25) is 0 Å². The Balaban J connectivity index is 2.90. The van der Waals surface area contributed by atoms with Crippen LogP contribution in [0.5, 0.6) is 5.75 Å². The average molecular weight is 216 g/mol. The standard InChI is InChI=1S/C13H16N2O/c1-3-9-15-12(10-14)11-7-5-6-8-13(11)16-4-2/h3,5-8,12,15H,1,4,9H2,2H3. The Morgan fingerprint density at radius 1 is 1.56 bits per heavy atom. The summed E-state index contributed by atoms with van der Waals surface area (Å²) in [7, 11) is 0. The van der Waals surface area contributed by atoms with E-state index in [4.69, 9.17) is 10.00 Å². The molecule has 0 bridgehead atoms. The van der Waals surface area contributed by atoms with E-state index >= 15 is 0 Å². The van der Waals surface area contributed by atoms with Crippen molar-refractivity contribution >= 4 is 0 Å². The number of nitrogens with one attached hydrogen (secondary N) is 1. The van der Waals surface area contributed by atoms with Gasteiger partial charge in [0.1, 0.15) is 11.8 Å². The normalized spacial score (nSPS) is 11.5. The van der Waals surface area contributed by atoms with Gasteiger partial charge in [-0.05, 0) is 13.0 Å². The number of nitriles is 1. The summed E-state index contributed by atoms with van der Waals surface area (Å²) >= 11 is 0. The Hall–Kier alpha value is -1.79. The van der Waals surface area contributed by atoms with Gasteiger partial charge in [-0.25, -0.2) is 0 Å². The van der Waals surface area contributed by atoms with Gasteiger partial charge in [0.25, 0.3) is 0 Å². The lowest BCUT2D eigenvalue weighted by molar-refractivity contribution is 0.334. The Bertz CT molecular complexity index is 382. The molecule has 0 aliphatic heterocycles. The summed E-state index contributed by atoms with van der Waals surface area (Å²) in [4.78, 5) is 0. The van der Waals surface area contributed by atoms with Gasteiger partial charge in [-0.1, -0.05) is 24.3 Å². The highest BCUT2D eigenvalue weighted by Gasteiger charge is 2.13. The summed E-state index contributed by atoms with van der Waals surface area (Å²) < 4.78 is 5.48. The van der Waals surface area contributed by atoms with Crippen LogP contribution >= 0.6 is 0 Å². The molecular formula is C13H16N2O. The molecule has 3 nitrogen and oxygen atoms in total. The van der Waals surface area contributed by atoms with Gasteiger partial charge >= 0.3 is 0 Å². The van der Waals surface area contributed by atoms with Crippen molar-refractivity contribution in [2.75, 3.05) is 13.2 Å². The molecule has 0 aromatic heterocycles. The zero-order valence-corrected chi connectivity index (χ0v) is 9.44. The van der Waals surface area contributed by atoms with E-state index < -0.39 is 0 Å². The van der Waals surface area contributed by atoms with Crippen molar-refractivity contribution in [3.05, 3.63) is 42.5 Å². The first kappa shape index (κ1) is 12.3. The van der Waals surface area contributed by atoms with E-state index in [0.717, 1.165) is 11.3 Å². The third kappa shape index (κ3) is 3.11. The van der Waals surface area contributed by atoms with E-state index in [2.05, 4.69) is 18.0 Å². The number of ether oxygens (including phenoxy) is 1. The number of para-hydroxylation sites is 1. The number of hydrogen-bond acceptors (Lipinski definition) is 3. The number of benzene rings is 1. The molecule has 0 aliphatic rings. The van der Waals surface area contributed by atoms with Gasteiger partial charge in [0.2, 0.25) is 0 Å². The molecule has 0 radical (unpaired) electrons. The molecule has 16 heavy (non-hydrogen) atoms. The lowest BCUT2D eigenvalue weighted by Gasteiger charge is -2.14. The van der Waals surface area contributed by atoms with Crippen LogP contribution in [0, 0.1) is 11.3 Å². The molecule has 1 atom stereocenters. The molecule has 0 aliphatic carbocycles. The monoisotopic (exact) mass is 216 g/mol. The number of rotatable bonds is 6. The molecule has 0 amide bonds. The fourth-order valence-corrected chi connectivity index (χ4v) is 1.43. The van der Waals surface area contributed by atoms with Gasteiger partial charge in [0, 0.05) is 12.1 Å². The zero-order chi connectivity index (χ0) is 11.8. The highest BCUT2D eigenvalue weighted by Crippen LogP contribution is 2.24. The fourth-order valence-electron chi connectivity index (χ4n) is 1.43. The maximum absolute atomic E-state index is 9.10. The smallest absolute Gasteiger partial charge is 0.125 e. The SMILES string of the molecule is C=CCNC(C#N)c1ccccc1OCC. The van der Waals surface area contributed by atoms with Crippen molar-refractivity contribution in [3.63, 3.8) is 0 Å². The molecule has 0 spiro atoms. The first-order valence-electron chi connectivity index (χ1n) is 5.29. The molecule has 0 fully saturated rings. The Morgan fingerprint density at radius 2 is 2.31 bits per heavy atom. The van der Waals surface area contributed by atoms with Crippen molar-refractivity contribution in [2.45, 2.75) is 13.0 Å². The van der Waals surface area contributed by atoms with Crippen LogP contribution in [-0.4, -0.2) is 13.2 Å². The Kier molecular flexibility index (Phi) is 5.10. The van der Waals surface area contributed by atoms with Crippen LogP contribution in [0.1, 0.15) is 18.5 Å². The molecule has 1 aromatic carbocycles. The molecular weight excluding hydrogens is 200 g/mol. The minimum Gasteiger partial charge on any atom is -0.493 e. The summed E-state index contributed by atoms with van der Waals surface area (Å²) in [6, 6.07) is 9.42. The molecule has 3 heteroatoms. The summed E-state index contributed by atoms with van der Waals surface area (Å²) in [5.41, 5.74) is 0.869. The minimum absolute atomic E-state index is 0.360. The second kappa shape index (κ2) is 6.65. The van der Waals surface area contributed by atoms with Crippen molar-refractivity contribution in [3.8, 4) is 11.8 Å².